The molecular formula is C15H12N2OS. The van der Waals surface area contributed by atoms with Crippen molar-refractivity contribution in [3.63, 3.8) is 0 Å². The lowest BCUT2D eigenvalue weighted by Crippen LogP contribution is -2.19. The monoisotopic (exact) mass is 268 g/mol. The summed E-state index contributed by atoms with van der Waals surface area (Å²) in [5.74, 6) is -0.187. The lowest BCUT2D eigenvalue weighted by Gasteiger charge is -2.04. The summed E-state index contributed by atoms with van der Waals surface area (Å²) in [5, 5.41) is 11.6. The normalized spacial score (nSPS) is 9.63. The van der Waals surface area contributed by atoms with Crippen molar-refractivity contribution in [3.8, 4) is 16.5 Å². The second-order valence-electron chi connectivity index (χ2n) is 3.90. The molecule has 2 rings (SSSR count). The molecule has 3 nitrogen and oxygen atoms in total. The molecule has 1 aromatic heterocycles. The van der Waals surface area contributed by atoms with Crippen LogP contribution >= 0.6 is 11.3 Å². The average Bonchev–Trinajstić information content (AvgIpc) is 2.94. The Hall–Kier alpha value is -2.38. The third kappa shape index (κ3) is 3.30. The fourth-order valence-electron chi connectivity index (χ4n) is 1.65. The number of hydrogen-bond donors (Lipinski definition) is 1. The maximum Gasteiger partial charge on any atom is 0.243 e. The molecule has 0 aliphatic heterocycles. The lowest BCUT2D eigenvalue weighted by atomic mass is 10.1. The molecule has 4 heteroatoms. The summed E-state index contributed by atoms with van der Waals surface area (Å²) in [6, 6.07) is 13.8. The molecule has 1 aromatic carbocycles. The highest BCUT2D eigenvalue weighted by Gasteiger charge is 2.04. The molecule has 0 unspecified atom stereocenters. The first-order valence-electron chi connectivity index (χ1n) is 5.72. The van der Waals surface area contributed by atoms with Gasteiger partial charge in [0.25, 0.3) is 0 Å². The maximum absolute atomic E-state index is 11.1. The van der Waals surface area contributed by atoms with Crippen molar-refractivity contribution in [2.24, 2.45) is 0 Å². The van der Waals surface area contributed by atoms with Crippen LogP contribution in [0.1, 0.15) is 10.4 Å². The van der Waals surface area contributed by atoms with E-state index in [0.717, 1.165) is 16.0 Å². The van der Waals surface area contributed by atoms with Crippen LogP contribution in [0.25, 0.3) is 10.4 Å². The number of thiophene rings is 1. The van der Waals surface area contributed by atoms with E-state index < -0.39 is 0 Å². The summed E-state index contributed by atoms with van der Waals surface area (Å²) in [7, 11) is 0. The molecule has 0 spiro atoms. The molecule has 0 bridgehead atoms. The van der Waals surface area contributed by atoms with E-state index in [9.17, 15) is 4.79 Å². The number of nitriles is 1. The number of carbonyl (C=O) groups excluding carboxylic acids is 1. The fourth-order valence-corrected chi connectivity index (χ4v) is 2.45. The van der Waals surface area contributed by atoms with Crippen LogP contribution in [-0.4, -0.2) is 5.91 Å². The van der Waals surface area contributed by atoms with Gasteiger partial charge in [-0.1, -0.05) is 24.8 Å². The van der Waals surface area contributed by atoms with Gasteiger partial charge in [0.2, 0.25) is 5.91 Å². The molecule has 19 heavy (non-hydrogen) atoms. The van der Waals surface area contributed by atoms with E-state index in [1.807, 2.05) is 36.4 Å². The van der Waals surface area contributed by atoms with Crippen molar-refractivity contribution < 1.29 is 4.79 Å². The Kier molecular flexibility index (Phi) is 4.11. The summed E-state index contributed by atoms with van der Waals surface area (Å²) in [5.41, 5.74) is 2.07. The Morgan fingerprint density at radius 2 is 2.26 bits per heavy atom. The smallest absolute Gasteiger partial charge is 0.243 e. The van der Waals surface area contributed by atoms with E-state index in [2.05, 4.69) is 18.0 Å². The summed E-state index contributed by atoms with van der Waals surface area (Å²) in [6.07, 6.45) is 1.25. The number of rotatable bonds is 4. The molecule has 0 atom stereocenters. The van der Waals surface area contributed by atoms with Crippen molar-refractivity contribution in [1.29, 1.82) is 5.26 Å². The van der Waals surface area contributed by atoms with Gasteiger partial charge in [0.15, 0.2) is 0 Å². The van der Waals surface area contributed by atoms with Crippen molar-refractivity contribution in [1.82, 2.24) is 5.32 Å². The number of hydrogen-bond acceptors (Lipinski definition) is 3. The predicted molar refractivity (Wildman–Crippen MR) is 76.5 cm³/mol. The molecular weight excluding hydrogens is 256 g/mol. The van der Waals surface area contributed by atoms with Crippen LogP contribution in [0.15, 0.2) is 49.1 Å². The first-order chi connectivity index (χ1) is 9.22. The third-order valence-corrected chi connectivity index (χ3v) is 3.62. The Balaban J connectivity index is 2.17. The molecule has 0 saturated heterocycles. The van der Waals surface area contributed by atoms with Crippen LogP contribution in [0, 0.1) is 11.3 Å². The highest BCUT2D eigenvalue weighted by Crippen LogP contribution is 2.28. The number of benzene rings is 1. The van der Waals surface area contributed by atoms with Gasteiger partial charge in [-0.2, -0.15) is 5.26 Å². The summed E-state index contributed by atoms with van der Waals surface area (Å²) in [4.78, 5) is 12.9. The van der Waals surface area contributed by atoms with Gasteiger partial charge in [-0.3, -0.25) is 4.79 Å². The molecule has 0 radical (unpaired) electrons. The fraction of sp³-hybridized carbons (Fsp3) is 0.0667. The lowest BCUT2D eigenvalue weighted by molar-refractivity contribution is -0.116. The molecule has 2 aromatic rings. The molecule has 0 aliphatic carbocycles. The molecule has 1 heterocycles. The zero-order chi connectivity index (χ0) is 13.7. The predicted octanol–water partition coefficient (Wildman–Crippen LogP) is 3.09. The number of nitrogens with zero attached hydrogens (tertiary/aromatic N) is 1. The van der Waals surface area contributed by atoms with Crippen molar-refractivity contribution in [2.75, 3.05) is 0 Å². The Morgan fingerprint density at radius 3 is 2.95 bits per heavy atom. The minimum atomic E-state index is -0.187. The minimum absolute atomic E-state index is 0.187. The zero-order valence-corrected chi connectivity index (χ0v) is 11.0. The van der Waals surface area contributed by atoms with E-state index in [-0.39, 0.29) is 5.91 Å². The second kappa shape index (κ2) is 5.98. The van der Waals surface area contributed by atoms with Gasteiger partial charge < -0.3 is 5.32 Å². The first kappa shape index (κ1) is 13.1. The van der Waals surface area contributed by atoms with Gasteiger partial charge >= 0.3 is 0 Å². The molecule has 0 aliphatic rings. The standard InChI is InChI=1S/C15H12N2OS/c1-2-15(18)17-10-11-4-3-5-12(8-11)14-7-6-13(9-16)19-14/h2-8H,1,10H2,(H,17,18). The van der Waals surface area contributed by atoms with Gasteiger partial charge in [0.1, 0.15) is 10.9 Å². The van der Waals surface area contributed by atoms with Gasteiger partial charge in [0.05, 0.1) is 0 Å². The zero-order valence-electron chi connectivity index (χ0n) is 10.2. The average molecular weight is 268 g/mol. The van der Waals surface area contributed by atoms with E-state index in [1.165, 1.54) is 17.4 Å². The highest BCUT2D eigenvalue weighted by molar-refractivity contribution is 7.16. The minimum Gasteiger partial charge on any atom is -0.348 e. The summed E-state index contributed by atoms with van der Waals surface area (Å²) >= 11 is 1.46. The SMILES string of the molecule is C=CC(=O)NCc1cccc(-c2ccc(C#N)s2)c1. The molecule has 94 valence electrons. The number of amides is 1. The van der Waals surface area contributed by atoms with Crippen molar-refractivity contribution in [2.45, 2.75) is 6.54 Å². The third-order valence-electron chi connectivity index (χ3n) is 2.58. The molecule has 1 amide bonds. The Labute approximate surface area is 115 Å². The largest absolute Gasteiger partial charge is 0.348 e. The van der Waals surface area contributed by atoms with Gasteiger partial charge in [-0.25, -0.2) is 0 Å². The van der Waals surface area contributed by atoms with Gasteiger partial charge in [-0.05, 0) is 35.4 Å². The van der Waals surface area contributed by atoms with Crippen molar-refractivity contribution >= 4 is 17.2 Å². The van der Waals surface area contributed by atoms with Crippen LogP contribution in [0.2, 0.25) is 0 Å². The Bertz CT molecular complexity index is 652. The first-order valence-corrected chi connectivity index (χ1v) is 6.54. The molecule has 0 fully saturated rings. The number of nitrogens with one attached hydrogen (secondary N) is 1. The molecule has 1 N–H and O–H groups in total. The second-order valence-corrected chi connectivity index (χ2v) is 4.98. The summed E-state index contributed by atoms with van der Waals surface area (Å²) in [6.45, 7) is 3.88. The van der Waals surface area contributed by atoms with Crippen molar-refractivity contribution in [3.05, 3.63) is 59.5 Å². The quantitative estimate of drug-likeness (QED) is 0.866. The van der Waals surface area contributed by atoms with Crippen LogP contribution < -0.4 is 5.32 Å². The summed E-state index contributed by atoms with van der Waals surface area (Å²) < 4.78 is 0. The van der Waals surface area contributed by atoms with Crippen LogP contribution in [0.4, 0.5) is 0 Å². The van der Waals surface area contributed by atoms with Crippen LogP contribution in [-0.2, 0) is 11.3 Å². The van der Waals surface area contributed by atoms with E-state index in [1.54, 1.807) is 0 Å². The van der Waals surface area contributed by atoms with E-state index >= 15 is 0 Å². The molecule has 0 saturated carbocycles. The van der Waals surface area contributed by atoms with Gasteiger partial charge in [-0.15, -0.1) is 11.3 Å². The maximum atomic E-state index is 11.1. The number of carbonyl (C=O) groups is 1. The van der Waals surface area contributed by atoms with E-state index in [0.29, 0.717) is 11.4 Å². The van der Waals surface area contributed by atoms with E-state index in [4.69, 9.17) is 5.26 Å². The van der Waals surface area contributed by atoms with Crippen LogP contribution in [0.5, 0.6) is 0 Å². The van der Waals surface area contributed by atoms with Gasteiger partial charge in [0, 0.05) is 11.4 Å². The topological polar surface area (TPSA) is 52.9 Å². The highest BCUT2D eigenvalue weighted by atomic mass is 32.1. The Morgan fingerprint density at radius 1 is 1.42 bits per heavy atom. The van der Waals surface area contributed by atoms with Crippen LogP contribution in [0.3, 0.4) is 0 Å².